The molecule has 0 bridgehead atoms. The predicted molar refractivity (Wildman–Crippen MR) is 69.6 cm³/mol. The average Bonchev–Trinajstić information content (AvgIpc) is 2.86. The van der Waals surface area contributed by atoms with Crippen molar-refractivity contribution < 1.29 is 4.79 Å². The summed E-state index contributed by atoms with van der Waals surface area (Å²) < 4.78 is 0. The molecule has 3 unspecified atom stereocenters. The van der Waals surface area contributed by atoms with Crippen LogP contribution in [-0.2, 0) is 4.79 Å². The highest BCUT2D eigenvalue weighted by molar-refractivity contribution is 9.09. The molecule has 16 heavy (non-hydrogen) atoms. The highest BCUT2D eigenvalue weighted by Crippen LogP contribution is 2.51. The molecule has 1 amide bonds. The third-order valence-electron chi connectivity index (χ3n) is 4.18. The number of alkyl halides is 1. The highest BCUT2D eigenvalue weighted by atomic mass is 79.9. The third kappa shape index (κ3) is 2.79. The van der Waals surface area contributed by atoms with Crippen LogP contribution in [0.25, 0.3) is 0 Å². The van der Waals surface area contributed by atoms with E-state index in [1.54, 1.807) is 0 Å². The summed E-state index contributed by atoms with van der Waals surface area (Å²) in [5.41, 5.74) is 0.254. The molecule has 2 aliphatic rings. The molecule has 3 heteroatoms. The van der Waals surface area contributed by atoms with E-state index in [1.807, 2.05) is 0 Å². The van der Waals surface area contributed by atoms with Crippen LogP contribution in [-0.4, -0.2) is 17.3 Å². The Morgan fingerprint density at radius 3 is 2.56 bits per heavy atom. The van der Waals surface area contributed by atoms with Crippen molar-refractivity contribution in [1.29, 1.82) is 0 Å². The van der Waals surface area contributed by atoms with Gasteiger partial charge in [0.25, 0.3) is 0 Å². The maximum Gasteiger partial charge on any atom is 0.223 e. The number of carbonyl (C=O) groups excluding carboxylic acids is 1. The second-order valence-electron chi connectivity index (χ2n) is 6.05. The van der Waals surface area contributed by atoms with E-state index in [0.29, 0.717) is 10.7 Å². The Bertz CT molecular complexity index is 277. The summed E-state index contributed by atoms with van der Waals surface area (Å²) in [5, 5.41) is 3.13. The number of nitrogens with one attached hydrogen (secondary N) is 1. The predicted octanol–water partition coefficient (Wildman–Crippen LogP) is 3.10. The zero-order chi connectivity index (χ0) is 11.8. The molecule has 2 nitrogen and oxygen atoms in total. The van der Waals surface area contributed by atoms with Crippen LogP contribution in [0, 0.1) is 17.3 Å². The van der Waals surface area contributed by atoms with Crippen LogP contribution in [0.3, 0.4) is 0 Å². The van der Waals surface area contributed by atoms with E-state index in [-0.39, 0.29) is 17.2 Å². The molecule has 0 aromatic rings. The molecule has 2 saturated carbocycles. The van der Waals surface area contributed by atoms with Crippen LogP contribution in [0.4, 0.5) is 0 Å². The van der Waals surface area contributed by atoms with Crippen LogP contribution >= 0.6 is 15.9 Å². The molecule has 1 N–H and O–H groups in total. The van der Waals surface area contributed by atoms with Gasteiger partial charge in [0.15, 0.2) is 0 Å². The van der Waals surface area contributed by atoms with Crippen molar-refractivity contribution in [2.24, 2.45) is 17.3 Å². The van der Waals surface area contributed by atoms with E-state index >= 15 is 0 Å². The van der Waals surface area contributed by atoms with Gasteiger partial charge < -0.3 is 5.32 Å². The van der Waals surface area contributed by atoms with Crippen molar-refractivity contribution in [1.82, 2.24) is 5.32 Å². The molecule has 2 aliphatic carbocycles. The Morgan fingerprint density at radius 1 is 1.38 bits per heavy atom. The number of hydrogen-bond acceptors (Lipinski definition) is 1. The van der Waals surface area contributed by atoms with Crippen molar-refractivity contribution in [3.8, 4) is 0 Å². The van der Waals surface area contributed by atoms with Gasteiger partial charge in [-0.1, -0.05) is 42.6 Å². The number of halogens is 1. The average molecular weight is 288 g/mol. The quantitative estimate of drug-likeness (QED) is 0.794. The van der Waals surface area contributed by atoms with Crippen molar-refractivity contribution in [3.05, 3.63) is 0 Å². The molecule has 0 aromatic heterocycles. The Kier molecular flexibility index (Phi) is 3.62. The van der Waals surface area contributed by atoms with Gasteiger partial charge in [0, 0.05) is 17.3 Å². The SMILES string of the molecule is CC1(C)CC1C(=O)NCC1CCCCC1Br. The van der Waals surface area contributed by atoms with Gasteiger partial charge in [-0.15, -0.1) is 0 Å². The van der Waals surface area contributed by atoms with Crippen LogP contribution in [0.1, 0.15) is 46.0 Å². The summed E-state index contributed by atoms with van der Waals surface area (Å²) in [6, 6.07) is 0. The number of hydrogen-bond donors (Lipinski definition) is 1. The first-order chi connectivity index (χ1) is 7.50. The van der Waals surface area contributed by atoms with Crippen molar-refractivity contribution >= 4 is 21.8 Å². The molecule has 2 rings (SSSR count). The standard InChI is InChI=1S/C13H22BrNO/c1-13(2)7-10(13)12(16)15-8-9-5-3-4-6-11(9)14/h9-11H,3-8H2,1-2H3,(H,15,16). The Balaban J connectivity index is 1.73. The fourth-order valence-corrected chi connectivity index (χ4v) is 3.44. The number of rotatable bonds is 3. The second kappa shape index (κ2) is 4.67. The van der Waals surface area contributed by atoms with Gasteiger partial charge in [-0.3, -0.25) is 4.79 Å². The Hall–Kier alpha value is -0.0500. The van der Waals surface area contributed by atoms with Crippen molar-refractivity contribution in [2.75, 3.05) is 6.54 Å². The van der Waals surface area contributed by atoms with E-state index in [0.717, 1.165) is 13.0 Å². The van der Waals surface area contributed by atoms with Gasteiger partial charge in [-0.2, -0.15) is 0 Å². The lowest BCUT2D eigenvalue weighted by molar-refractivity contribution is -0.123. The zero-order valence-corrected chi connectivity index (χ0v) is 11.8. The molecule has 0 spiro atoms. The molecule has 2 fully saturated rings. The van der Waals surface area contributed by atoms with E-state index in [2.05, 4.69) is 35.1 Å². The summed E-state index contributed by atoms with van der Waals surface area (Å²) in [5.74, 6) is 1.18. The monoisotopic (exact) mass is 287 g/mol. The second-order valence-corrected chi connectivity index (χ2v) is 7.23. The minimum absolute atomic E-state index is 0.254. The summed E-state index contributed by atoms with van der Waals surface area (Å²) in [4.78, 5) is 12.4. The molecule has 0 saturated heterocycles. The molecule has 3 atom stereocenters. The Labute approximate surface area is 107 Å². The molecular formula is C13H22BrNO. The molecule has 0 aliphatic heterocycles. The Morgan fingerprint density at radius 2 is 2.00 bits per heavy atom. The largest absolute Gasteiger partial charge is 0.356 e. The molecule has 0 aromatic carbocycles. The number of carbonyl (C=O) groups is 1. The smallest absolute Gasteiger partial charge is 0.223 e. The third-order valence-corrected chi connectivity index (χ3v) is 5.39. The van der Waals surface area contributed by atoms with Crippen LogP contribution in [0.15, 0.2) is 0 Å². The molecular weight excluding hydrogens is 266 g/mol. The maximum absolute atomic E-state index is 11.8. The minimum atomic E-state index is 0.254. The minimum Gasteiger partial charge on any atom is -0.356 e. The van der Waals surface area contributed by atoms with Crippen molar-refractivity contribution in [3.63, 3.8) is 0 Å². The normalized spacial score (nSPS) is 36.8. The van der Waals surface area contributed by atoms with Gasteiger partial charge in [-0.05, 0) is 30.6 Å². The van der Waals surface area contributed by atoms with E-state index in [1.165, 1.54) is 25.7 Å². The van der Waals surface area contributed by atoms with E-state index in [9.17, 15) is 4.79 Å². The fourth-order valence-electron chi connectivity index (χ4n) is 2.66. The summed E-state index contributed by atoms with van der Waals surface area (Å²) in [6.07, 6.45) is 6.22. The lowest BCUT2D eigenvalue weighted by Gasteiger charge is -2.27. The number of amides is 1. The van der Waals surface area contributed by atoms with E-state index < -0.39 is 0 Å². The molecule has 92 valence electrons. The van der Waals surface area contributed by atoms with E-state index in [4.69, 9.17) is 0 Å². The van der Waals surface area contributed by atoms with Gasteiger partial charge >= 0.3 is 0 Å². The van der Waals surface area contributed by atoms with Crippen LogP contribution < -0.4 is 5.32 Å². The first-order valence-corrected chi connectivity index (χ1v) is 7.34. The van der Waals surface area contributed by atoms with Crippen LogP contribution in [0.5, 0.6) is 0 Å². The van der Waals surface area contributed by atoms with Crippen molar-refractivity contribution in [2.45, 2.75) is 50.8 Å². The first-order valence-electron chi connectivity index (χ1n) is 6.42. The molecule has 0 heterocycles. The highest BCUT2D eigenvalue weighted by Gasteiger charge is 2.50. The topological polar surface area (TPSA) is 29.1 Å². The zero-order valence-electron chi connectivity index (χ0n) is 10.3. The van der Waals surface area contributed by atoms with Crippen LogP contribution in [0.2, 0.25) is 0 Å². The molecule has 0 radical (unpaired) electrons. The fraction of sp³-hybridized carbons (Fsp3) is 0.923. The summed E-state index contributed by atoms with van der Waals surface area (Å²) in [7, 11) is 0. The van der Waals surface area contributed by atoms with Gasteiger partial charge in [-0.25, -0.2) is 0 Å². The first kappa shape index (κ1) is 12.4. The maximum atomic E-state index is 11.8. The van der Waals surface area contributed by atoms with Gasteiger partial charge in [0.05, 0.1) is 0 Å². The summed E-state index contributed by atoms with van der Waals surface area (Å²) in [6.45, 7) is 5.21. The van der Waals surface area contributed by atoms with Gasteiger partial charge in [0.2, 0.25) is 5.91 Å². The lowest BCUT2D eigenvalue weighted by atomic mass is 9.89. The summed E-state index contributed by atoms with van der Waals surface area (Å²) >= 11 is 3.73. The lowest BCUT2D eigenvalue weighted by Crippen LogP contribution is -2.35. The van der Waals surface area contributed by atoms with Gasteiger partial charge in [0.1, 0.15) is 0 Å².